The fourth-order valence-corrected chi connectivity index (χ4v) is 0.907. The van der Waals surface area contributed by atoms with E-state index in [2.05, 4.69) is 19.9 Å². The second kappa shape index (κ2) is 2.86. The van der Waals surface area contributed by atoms with Gasteiger partial charge in [0.2, 0.25) is 5.82 Å². The highest BCUT2D eigenvalue weighted by Crippen LogP contribution is 2.26. The topological polar surface area (TPSA) is 51.6 Å². The Morgan fingerprint density at radius 1 is 1.00 bits per heavy atom. The van der Waals surface area contributed by atoms with Crippen LogP contribution in [0.3, 0.4) is 0 Å². The van der Waals surface area contributed by atoms with Crippen LogP contribution in [0.15, 0.2) is 18.6 Å². The molecule has 0 bridgehead atoms. The number of fused-ring (bicyclic) bond motifs is 1. The molecule has 0 aliphatic heterocycles. The molecule has 0 radical (unpaired) electrons. The maximum Gasteiger partial charge on any atom is 0.451 e. The van der Waals surface area contributed by atoms with Crippen molar-refractivity contribution >= 4 is 11.2 Å². The largest absolute Gasteiger partial charge is 0.451 e. The second-order valence-electron chi connectivity index (χ2n) is 2.46. The lowest BCUT2D eigenvalue weighted by Gasteiger charge is -2.03. The van der Waals surface area contributed by atoms with Crippen molar-refractivity contribution < 1.29 is 13.2 Å². The first-order valence-corrected chi connectivity index (χ1v) is 3.58. The lowest BCUT2D eigenvalue weighted by atomic mass is 10.5. The van der Waals surface area contributed by atoms with Gasteiger partial charge in [0.1, 0.15) is 5.52 Å². The van der Waals surface area contributed by atoms with E-state index in [1.807, 2.05) is 0 Å². The molecule has 0 spiro atoms. The average Bonchev–Trinajstić information content (AvgIpc) is 2.16. The summed E-state index contributed by atoms with van der Waals surface area (Å²) in [6.45, 7) is 0. The minimum absolute atomic E-state index is 0.0603. The van der Waals surface area contributed by atoms with Crippen LogP contribution in [0, 0.1) is 0 Å². The normalized spacial score (nSPS) is 11.9. The molecule has 0 fully saturated rings. The van der Waals surface area contributed by atoms with Crippen LogP contribution in [0.1, 0.15) is 5.82 Å². The molecule has 0 N–H and O–H groups in total. The molecule has 14 heavy (non-hydrogen) atoms. The molecule has 0 saturated heterocycles. The van der Waals surface area contributed by atoms with Crippen LogP contribution in [0.5, 0.6) is 0 Å². The van der Waals surface area contributed by atoms with E-state index in [0.29, 0.717) is 0 Å². The fraction of sp³-hybridized carbons (Fsp3) is 0.143. The summed E-state index contributed by atoms with van der Waals surface area (Å²) in [4.78, 5) is 13.8. The van der Waals surface area contributed by atoms with Gasteiger partial charge in [-0.3, -0.25) is 0 Å². The Balaban J connectivity index is 2.63. The van der Waals surface area contributed by atoms with E-state index in [-0.39, 0.29) is 11.2 Å². The molecule has 0 amide bonds. The average molecular weight is 200 g/mol. The third kappa shape index (κ3) is 1.48. The Morgan fingerprint density at radius 2 is 1.71 bits per heavy atom. The first-order chi connectivity index (χ1) is 6.57. The summed E-state index contributed by atoms with van der Waals surface area (Å²) in [6, 6.07) is 0. The quantitative estimate of drug-likeness (QED) is 0.645. The summed E-state index contributed by atoms with van der Waals surface area (Å²) >= 11 is 0. The minimum Gasteiger partial charge on any atom is -0.250 e. The number of aromatic nitrogens is 4. The molecule has 2 aromatic heterocycles. The highest BCUT2D eigenvalue weighted by molar-refractivity contribution is 5.67. The molecule has 4 nitrogen and oxygen atoms in total. The molecule has 72 valence electrons. The van der Waals surface area contributed by atoms with Crippen molar-refractivity contribution in [1.29, 1.82) is 0 Å². The first kappa shape index (κ1) is 8.79. The van der Waals surface area contributed by atoms with Crippen molar-refractivity contribution in [2.45, 2.75) is 6.18 Å². The minimum atomic E-state index is -4.55. The summed E-state index contributed by atoms with van der Waals surface area (Å²) in [5, 5.41) is 0. The molecular weight excluding hydrogens is 197 g/mol. The zero-order valence-electron chi connectivity index (χ0n) is 6.65. The van der Waals surface area contributed by atoms with Crippen LogP contribution in [-0.2, 0) is 6.18 Å². The van der Waals surface area contributed by atoms with Gasteiger partial charge in [-0.1, -0.05) is 0 Å². The summed E-state index contributed by atoms with van der Waals surface area (Å²) in [7, 11) is 0. The van der Waals surface area contributed by atoms with Gasteiger partial charge in [0.05, 0.1) is 6.20 Å². The highest BCUT2D eigenvalue weighted by Gasteiger charge is 2.34. The third-order valence-corrected chi connectivity index (χ3v) is 1.48. The summed E-state index contributed by atoms with van der Waals surface area (Å²) in [6.07, 6.45) is -0.918. The fourth-order valence-electron chi connectivity index (χ4n) is 0.907. The predicted molar refractivity (Wildman–Crippen MR) is 40.1 cm³/mol. The molecule has 0 aromatic carbocycles. The van der Waals surface area contributed by atoms with E-state index in [1.165, 1.54) is 12.4 Å². The lowest BCUT2D eigenvalue weighted by molar-refractivity contribution is -0.144. The lowest BCUT2D eigenvalue weighted by Crippen LogP contribution is -2.11. The monoisotopic (exact) mass is 200 g/mol. The van der Waals surface area contributed by atoms with Crippen molar-refractivity contribution in [2.75, 3.05) is 0 Å². The van der Waals surface area contributed by atoms with Crippen LogP contribution in [0.4, 0.5) is 13.2 Å². The van der Waals surface area contributed by atoms with E-state index < -0.39 is 12.0 Å². The maximum absolute atomic E-state index is 12.1. The maximum atomic E-state index is 12.1. The van der Waals surface area contributed by atoms with Gasteiger partial charge in [0.25, 0.3) is 0 Å². The molecule has 0 unspecified atom stereocenters. The molecular formula is C7H3F3N4. The highest BCUT2D eigenvalue weighted by atomic mass is 19.4. The Kier molecular flexibility index (Phi) is 1.80. The van der Waals surface area contributed by atoms with Crippen molar-refractivity contribution in [1.82, 2.24) is 19.9 Å². The predicted octanol–water partition coefficient (Wildman–Crippen LogP) is 1.44. The molecule has 2 rings (SSSR count). The van der Waals surface area contributed by atoms with Crippen LogP contribution < -0.4 is 0 Å². The van der Waals surface area contributed by atoms with E-state index in [0.717, 1.165) is 6.20 Å². The smallest absolute Gasteiger partial charge is 0.250 e. The Hall–Kier alpha value is -1.79. The van der Waals surface area contributed by atoms with Gasteiger partial charge in [-0.2, -0.15) is 13.2 Å². The third-order valence-electron chi connectivity index (χ3n) is 1.48. The number of rotatable bonds is 0. The molecule has 2 heterocycles. The standard InChI is InChI=1S/C7H3F3N4/c8-7(9,10)6-13-3-4-5(14-6)12-2-1-11-4/h1-3H. The Labute approximate surface area is 75.9 Å². The molecule has 0 aliphatic rings. The molecule has 2 aromatic rings. The van der Waals surface area contributed by atoms with Gasteiger partial charge in [-0.05, 0) is 0 Å². The van der Waals surface area contributed by atoms with Gasteiger partial charge in [-0.15, -0.1) is 0 Å². The Bertz CT molecular complexity index is 468. The number of halogens is 3. The van der Waals surface area contributed by atoms with Crippen molar-refractivity contribution in [2.24, 2.45) is 0 Å². The number of hydrogen-bond acceptors (Lipinski definition) is 4. The molecule has 7 heteroatoms. The SMILES string of the molecule is FC(F)(F)c1ncc2nccnc2n1. The van der Waals surface area contributed by atoms with Crippen molar-refractivity contribution in [3.05, 3.63) is 24.4 Å². The number of hydrogen-bond donors (Lipinski definition) is 0. The van der Waals surface area contributed by atoms with Crippen molar-refractivity contribution in [3.63, 3.8) is 0 Å². The van der Waals surface area contributed by atoms with Crippen molar-refractivity contribution in [3.8, 4) is 0 Å². The molecule has 0 aliphatic carbocycles. The second-order valence-corrected chi connectivity index (χ2v) is 2.46. The summed E-state index contributed by atoms with van der Waals surface area (Å²) < 4.78 is 36.4. The molecule has 0 atom stereocenters. The van der Waals surface area contributed by atoms with Crippen LogP contribution in [0.25, 0.3) is 11.2 Å². The van der Waals surface area contributed by atoms with Gasteiger partial charge in [-0.25, -0.2) is 19.9 Å². The van der Waals surface area contributed by atoms with Crippen LogP contribution in [-0.4, -0.2) is 19.9 Å². The summed E-state index contributed by atoms with van der Waals surface area (Å²) in [5.74, 6) is -1.20. The van der Waals surface area contributed by atoms with Gasteiger partial charge >= 0.3 is 6.18 Å². The van der Waals surface area contributed by atoms with E-state index >= 15 is 0 Å². The number of alkyl halides is 3. The van der Waals surface area contributed by atoms with Crippen LogP contribution >= 0.6 is 0 Å². The van der Waals surface area contributed by atoms with Gasteiger partial charge in [0.15, 0.2) is 5.65 Å². The number of nitrogens with zero attached hydrogens (tertiary/aromatic N) is 4. The van der Waals surface area contributed by atoms with Gasteiger partial charge in [0, 0.05) is 12.4 Å². The van der Waals surface area contributed by atoms with E-state index in [1.54, 1.807) is 0 Å². The first-order valence-electron chi connectivity index (χ1n) is 3.58. The van der Waals surface area contributed by atoms with E-state index in [4.69, 9.17) is 0 Å². The van der Waals surface area contributed by atoms with E-state index in [9.17, 15) is 13.2 Å². The zero-order valence-corrected chi connectivity index (χ0v) is 6.65. The zero-order chi connectivity index (χ0) is 10.2. The summed E-state index contributed by atoms with van der Waals surface area (Å²) in [5.41, 5.74) is 0.176. The van der Waals surface area contributed by atoms with Crippen LogP contribution in [0.2, 0.25) is 0 Å². The molecule has 0 saturated carbocycles. The Morgan fingerprint density at radius 3 is 2.43 bits per heavy atom. The van der Waals surface area contributed by atoms with Gasteiger partial charge < -0.3 is 0 Å².